The zero-order valence-corrected chi connectivity index (χ0v) is 14.4. The van der Waals surface area contributed by atoms with Gasteiger partial charge in [-0.2, -0.15) is 0 Å². The van der Waals surface area contributed by atoms with Crippen molar-refractivity contribution in [3.8, 4) is 5.75 Å². The van der Waals surface area contributed by atoms with E-state index in [0.29, 0.717) is 0 Å². The van der Waals surface area contributed by atoms with E-state index in [2.05, 4.69) is 34.7 Å². The molecule has 0 unspecified atom stereocenters. The highest BCUT2D eigenvalue weighted by Gasteiger charge is 2.07. The molecule has 0 saturated carbocycles. The molecule has 5 heteroatoms. The number of carbonyl (C=O) groups excluding carboxylic acids is 1. The Morgan fingerprint density at radius 2 is 2.05 bits per heavy atom. The van der Waals surface area contributed by atoms with Crippen molar-refractivity contribution in [2.24, 2.45) is 0 Å². The number of carboxylic acids is 1. The van der Waals surface area contributed by atoms with Gasteiger partial charge in [0.15, 0.2) is 0 Å². The predicted octanol–water partition coefficient (Wildman–Crippen LogP) is 2.88. The Morgan fingerprint density at radius 3 is 2.71 bits per heavy atom. The molecule has 0 bridgehead atoms. The highest BCUT2D eigenvalue weighted by molar-refractivity contribution is 14.1. The van der Waals surface area contributed by atoms with E-state index >= 15 is 0 Å². The highest BCUT2D eigenvalue weighted by Crippen LogP contribution is 2.33. The lowest BCUT2D eigenvalue weighted by molar-refractivity contribution is -0.304. The third kappa shape index (κ3) is 4.64. The summed E-state index contributed by atoms with van der Waals surface area (Å²) in [5.41, 5.74) is 1.97. The molecule has 3 nitrogen and oxygen atoms in total. The van der Waals surface area contributed by atoms with Crippen molar-refractivity contribution in [1.82, 2.24) is 0 Å². The van der Waals surface area contributed by atoms with E-state index in [9.17, 15) is 9.90 Å². The zero-order valence-electron chi connectivity index (χ0n) is 11.5. The summed E-state index contributed by atoms with van der Waals surface area (Å²) < 4.78 is 6.55. The lowest BCUT2D eigenvalue weighted by Gasteiger charge is -2.11. The van der Waals surface area contributed by atoms with Crippen LogP contribution in [0.5, 0.6) is 5.75 Å². The van der Waals surface area contributed by atoms with Crippen molar-refractivity contribution >= 4 is 40.3 Å². The molecule has 2 aromatic rings. The number of benzene rings is 2. The van der Waals surface area contributed by atoms with Gasteiger partial charge in [-0.1, -0.05) is 24.3 Å². The second-order valence-electron chi connectivity index (χ2n) is 4.41. The van der Waals surface area contributed by atoms with Crippen molar-refractivity contribution in [1.29, 1.82) is 0 Å². The summed E-state index contributed by atoms with van der Waals surface area (Å²) in [6.45, 7) is 0. The molecule has 0 N–H and O–H groups in total. The Bertz CT molecular complexity index is 643. The third-order valence-electron chi connectivity index (χ3n) is 2.92. The lowest BCUT2D eigenvalue weighted by Crippen LogP contribution is -2.24. The Kier molecular flexibility index (Phi) is 5.93. The normalized spacial score (nSPS) is 10.4. The number of carboxylic acid groups (broad SMARTS) is 1. The Hall–Kier alpha value is -1.21. The first-order valence-corrected chi connectivity index (χ1v) is 8.39. The minimum absolute atomic E-state index is 0.0829. The van der Waals surface area contributed by atoms with Crippen molar-refractivity contribution < 1.29 is 14.6 Å². The number of thioether (sulfide) groups is 1. The maximum absolute atomic E-state index is 10.7. The average Bonchev–Trinajstić information content (AvgIpc) is 2.46. The molecule has 0 atom stereocenters. The van der Waals surface area contributed by atoms with E-state index in [1.807, 2.05) is 18.2 Å². The van der Waals surface area contributed by atoms with Gasteiger partial charge in [-0.3, -0.25) is 0 Å². The smallest absolute Gasteiger partial charge is 0.132 e. The standard InChI is InChI=1S/C16H15IO3S/c1-20-14-7-6-11(9-16(18)19)8-15(14)21-10-12-4-2-3-5-13(12)17/h2-8H,9-10H2,1H3,(H,18,19)/p-1. The second kappa shape index (κ2) is 7.70. The van der Waals surface area contributed by atoms with Crippen LogP contribution in [0.1, 0.15) is 11.1 Å². The molecule has 0 fully saturated rings. The molecule has 110 valence electrons. The van der Waals surface area contributed by atoms with E-state index in [0.717, 1.165) is 22.0 Å². The number of aliphatic carboxylic acids is 1. The van der Waals surface area contributed by atoms with Crippen LogP contribution in [0.25, 0.3) is 0 Å². The van der Waals surface area contributed by atoms with E-state index < -0.39 is 5.97 Å². The van der Waals surface area contributed by atoms with Crippen LogP contribution in [0.2, 0.25) is 0 Å². The predicted molar refractivity (Wildman–Crippen MR) is 90.4 cm³/mol. The molecule has 2 rings (SSSR count). The monoisotopic (exact) mass is 413 g/mol. The minimum atomic E-state index is -1.08. The molecule has 0 aromatic heterocycles. The molecule has 0 amide bonds. The fourth-order valence-electron chi connectivity index (χ4n) is 1.88. The number of halogens is 1. The number of rotatable bonds is 6. The van der Waals surface area contributed by atoms with Crippen LogP contribution in [0.15, 0.2) is 47.4 Å². The SMILES string of the molecule is COc1ccc(CC(=O)[O-])cc1SCc1ccccc1I. The fourth-order valence-corrected chi connectivity index (χ4v) is 3.81. The number of methoxy groups -OCH3 is 1. The van der Waals surface area contributed by atoms with Gasteiger partial charge in [0.25, 0.3) is 0 Å². The average molecular weight is 413 g/mol. The van der Waals surface area contributed by atoms with E-state index in [1.165, 1.54) is 9.13 Å². The largest absolute Gasteiger partial charge is 0.550 e. The van der Waals surface area contributed by atoms with Gasteiger partial charge in [0.1, 0.15) is 5.75 Å². The summed E-state index contributed by atoms with van der Waals surface area (Å²) >= 11 is 3.95. The molecule has 0 spiro atoms. The maximum Gasteiger partial charge on any atom is 0.132 e. The zero-order chi connectivity index (χ0) is 15.2. The van der Waals surface area contributed by atoms with Crippen LogP contribution in [0.4, 0.5) is 0 Å². The van der Waals surface area contributed by atoms with Crippen LogP contribution in [0.3, 0.4) is 0 Å². The summed E-state index contributed by atoms with van der Waals surface area (Å²) in [4.78, 5) is 11.6. The molecule has 2 aromatic carbocycles. The maximum atomic E-state index is 10.7. The Morgan fingerprint density at radius 1 is 1.29 bits per heavy atom. The van der Waals surface area contributed by atoms with Gasteiger partial charge in [0.05, 0.1) is 7.11 Å². The van der Waals surface area contributed by atoms with Crippen LogP contribution in [0, 0.1) is 3.57 Å². The first-order valence-electron chi connectivity index (χ1n) is 6.33. The van der Waals surface area contributed by atoms with Gasteiger partial charge in [-0.05, 0) is 51.9 Å². The van der Waals surface area contributed by atoms with Crippen molar-refractivity contribution in [2.45, 2.75) is 17.1 Å². The van der Waals surface area contributed by atoms with Crippen molar-refractivity contribution in [3.63, 3.8) is 0 Å². The molecular formula is C16H14IO3S-. The topological polar surface area (TPSA) is 49.4 Å². The van der Waals surface area contributed by atoms with E-state index in [4.69, 9.17) is 4.74 Å². The van der Waals surface area contributed by atoms with Crippen LogP contribution in [-0.2, 0) is 17.0 Å². The van der Waals surface area contributed by atoms with Gasteiger partial charge >= 0.3 is 0 Å². The second-order valence-corrected chi connectivity index (χ2v) is 6.59. The lowest BCUT2D eigenvalue weighted by atomic mass is 10.1. The van der Waals surface area contributed by atoms with Gasteiger partial charge in [0, 0.05) is 26.6 Å². The molecule has 21 heavy (non-hydrogen) atoms. The highest BCUT2D eigenvalue weighted by atomic mass is 127. The van der Waals surface area contributed by atoms with E-state index in [-0.39, 0.29) is 6.42 Å². The summed E-state index contributed by atoms with van der Waals surface area (Å²) in [6, 6.07) is 13.6. The molecule has 0 aliphatic carbocycles. The molecule has 0 saturated heterocycles. The van der Waals surface area contributed by atoms with Crippen LogP contribution in [-0.4, -0.2) is 13.1 Å². The quantitative estimate of drug-likeness (QED) is 0.540. The van der Waals surface area contributed by atoms with Gasteiger partial charge in [0.2, 0.25) is 0 Å². The van der Waals surface area contributed by atoms with Gasteiger partial charge < -0.3 is 14.6 Å². The van der Waals surface area contributed by atoms with E-state index in [1.54, 1.807) is 31.0 Å². The Balaban J connectivity index is 2.17. The van der Waals surface area contributed by atoms with Gasteiger partial charge in [-0.15, -0.1) is 11.8 Å². The van der Waals surface area contributed by atoms with Crippen molar-refractivity contribution in [3.05, 3.63) is 57.2 Å². The van der Waals surface area contributed by atoms with Crippen molar-refractivity contribution in [2.75, 3.05) is 7.11 Å². The molecule has 0 radical (unpaired) electrons. The molecule has 0 aliphatic heterocycles. The van der Waals surface area contributed by atoms with Gasteiger partial charge in [-0.25, -0.2) is 0 Å². The first-order chi connectivity index (χ1) is 10.1. The Labute approximate surface area is 141 Å². The molecular weight excluding hydrogens is 399 g/mol. The minimum Gasteiger partial charge on any atom is -0.550 e. The molecule has 0 heterocycles. The number of hydrogen-bond acceptors (Lipinski definition) is 4. The summed E-state index contributed by atoms with van der Waals surface area (Å²) in [7, 11) is 1.62. The fraction of sp³-hybridized carbons (Fsp3) is 0.188. The van der Waals surface area contributed by atoms with Crippen LogP contribution >= 0.6 is 34.4 Å². The third-order valence-corrected chi connectivity index (χ3v) is 5.06. The number of ether oxygens (including phenoxy) is 1. The number of carbonyl (C=O) groups is 1. The molecule has 0 aliphatic rings. The number of hydrogen-bond donors (Lipinski definition) is 0. The van der Waals surface area contributed by atoms with Crippen LogP contribution < -0.4 is 9.84 Å². The first kappa shape index (κ1) is 16.2. The summed E-state index contributed by atoms with van der Waals surface area (Å²) in [5, 5.41) is 10.7. The summed E-state index contributed by atoms with van der Waals surface area (Å²) in [5.74, 6) is 0.492. The summed E-state index contributed by atoms with van der Waals surface area (Å²) in [6.07, 6.45) is -0.0829.